The highest BCUT2D eigenvalue weighted by Crippen LogP contribution is 2.05. The fourth-order valence-corrected chi connectivity index (χ4v) is 1.49. The van der Waals surface area contributed by atoms with Gasteiger partial charge in [0, 0.05) is 25.5 Å². The number of carbonyl (C=O) groups is 1. The third-order valence-corrected chi connectivity index (χ3v) is 2.41. The van der Waals surface area contributed by atoms with Crippen LogP contribution in [0.15, 0.2) is 24.3 Å². The molecule has 0 spiro atoms. The zero-order valence-corrected chi connectivity index (χ0v) is 11.5. The van der Waals surface area contributed by atoms with Gasteiger partial charge in [-0.2, -0.15) is 0 Å². The molecule has 20 heavy (non-hydrogen) atoms. The van der Waals surface area contributed by atoms with Crippen LogP contribution in [-0.4, -0.2) is 45.5 Å². The molecule has 0 unspecified atom stereocenters. The predicted molar refractivity (Wildman–Crippen MR) is 74.8 cm³/mol. The van der Waals surface area contributed by atoms with Crippen molar-refractivity contribution < 1.29 is 19.0 Å². The fourth-order valence-electron chi connectivity index (χ4n) is 1.49. The summed E-state index contributed by atoms with van der Waals surface area (Å²) in [6, 6.07) is 6.57. The molecule has 0 atom stereocenters. The maximum atomic E-state index is 11.6. The normalized spacial score (nSPS) is 10.3. The summed E-state index contributed by atoms with van der Waals surface area (Å²) in [7, 11) is 3.00. The van der Waals surface area contributed by atoms with Gasteiger partial charge >= 0.3 is 6.09 Å². The largest absolute Gasteiger partial charge is 0.441 e. The lowest BCUT2D eigenvalue weighted by molar-refractivity contribution is -0.00280. The smallest absolute Gasteiger partial charge is 0.413 e. The molecule has 0 bridgehead atoms. The topological polar surface area (TPSA) is 107 Å². The number of alkyl carbamates (subject to hydrolysis) is 1. The summed E-state index contributed by atoms with van der Waals surface area (Å²) in [6.45, 7) is 0.437. The van der Waals surface area contributed by atoms with Gasteiger partial charge in [-0.1, -0.05) is 0 Å². The van der Waals surface area contributed by atoms with Crippen molar-refractivity contribution in [3.63, 3.8) is 0 Å². The lowest BCUT2D eigenvalue weighted by atomic mass is 10.2. The molecular weight excluding hydrogens is 262 g/mol. The van der Waals surface area contributed by atoms with Crippen molar-refractivity contribution in [2.75, 3.05) is 33.2 Å². The molecule has 7 nitrogen and oxygen atoms in total. The van der Waals surface area contributed by atoms with Gasteiger partial charge in [-0.3, -0.25) is 10.7 Å². The fraction of sp³-hybridized carbons (Fsp3) is 0.385. The Kier molecular flexibility index (Phi) is 6.48. The third-order valence-electron chi connectivity index (χ3n) is 2.41. The highest BCUT2D eigenvalue weighted by atomic mass is 16.6. The number of nitrogens with one attached hydrogen (secondary N) is 2. The van der Waals surface area contributed by atoms with Crippen LogP contribution in [0, 0.1) is 5.41 Å². The van der Waals surface area contributed by atoms with Crippen LogP contribution in [0.3, 0.4) is 0 Å². The number of nitrogens with two attached hydrogens (primary N) is 1. The lowest BCUT2D eigenvalue weighted by Gasteiger charge is -2.16. The molecule has 110 valence electrons. The van der Waals surface area contributed by atoms with E-state index in [1.54, 1.807) is 24.3 Å². The monoisotopic (exact) mass is 281 g/mol. The molecule has 1 amide bonds. The number of anilines is 1. The van der Waals surface area contributed by atoms with E-state index >= 15 is 0 Å². The highest BCUT2D eigenvalue weighted by molar-refractivity contribution is 6.04. The van der Waals surface area contributed by atoms with Crippen molar-refractivity contribution in [1.82, 2.24) is 5.32 Å². The Morgan fingerprint density at radius 3 is 2.30 bits per heavy atom. The first kappa shape index (κ1) is 15.9. The molecular formula is C13H19N3O4. The lowest BCUT2D eigenvalue weighted by Crippen LogP contribution is -2.36. The second-order valence-corrected chi connectivity index (χ2v) is 4.06. The average Bonchev–Trinajstić information content (AvgIpc) is 2.39. The van der Waals surface area contributed by atoms with Gasteiger partial charge < -0.3 is 19.9 Å². The molecule has 1 rings (SSSR count). The minimum atomic E-state index is -0.731. The number of methoxy groups -OCH3 is 2. The van der Waals surface area contributed by atoms with Crippen molar-refractivity contribution >= 4 is 17.6 Å². The van der Waals surface area contributed by atoms with Crippen LogP contribution >= 0.6 is 0 Å². The van der Waals surface area contributed by atoms with Gasteiger partial charge in [0.15, 0.2) is 6.10 Å². The molecule has 7 heteroatoms. The number of hydrogen-bond donors (Lipinski definition) is 3. The van der Waals surface area contributed by atoms with Crippen LogP contribution in [0.5, 0.6) is 0 Å². The van der Waals surface area contributed by atoms with E-state index in [0.29, 0.717) is 11.3 Å². The number of carbonyl (C=O) groups excluding carboxylic acids is 1. The Morgan fingerprint density at radius 1 is 1.25 bits per heavy atom. The van der Waals surface area contributed by atoms with E-state index in [9.17, 15) is 4.79 Å². The molecule has 0 aromatic heterocycles. The van der Waals surface area contributed by atoms with Crippen molar-refractivity contribution in [3.8, 4) is 0 Å². The van der Waals surface area contributed by atoms with Crippen molar-refractivity contribution in [1.29, 1.82) is 5.41 Å². The second-order valence-electron chi connectivity index (χ2n) is 4.06. The summed E-state index contributed by atoms with van der Waals surface area (Å²) in [4.78, 5) is 11.6. The van der Waals surface area contributed by atoms with Crippen molar-refractivity contribution in [3.05, 3.63) is 29.8 Å². The number of benzene rings is 1. The van der Waals surface area contributed by atoms with Crippen LogP contribution < -0.4 is 11.1 Å². The van der Waals surface area contributed by atoms with Crippen LogP contribution in [0.4, 0.5) is 10.5 Å². The van der Waals surface area contributed by atoms with Crippen molar-refractivity contribution in [2.24, 2.45) is 0 Å². The molecule has 0 aliphatic heterocycles. The van der Waals surface area contributed by atoms with Gasteiger partial charge in [-0.25, -0.2) is 4.79 Å². The first-order valence-corrected chi connectivity index (χ1v) is 5.96. The summed E-state index contributed by atoms with van der Waals surface area (Å²) >= 11 is 0. The Bertz CT molecular complexity index is 441. The van der Waals surface area contributed by atoms with Gasteiger partial charge in [0.05, 0.1) is 13.2 Å². The summed E-state index contributed by atoms with van der Waals surface area (Å²) in [6.07, 6.45) is -1.25. The van der Waals surface area contributed by atoms with Gasteiger partial charge in [-0.05, 0) is 24.3 Å². The summed E-state index contributed by atoms with van der Waals surface area (Å²) in [5, 5.41) is 10.1. The van der Waals surface area contributed by atoms with E-state index in [-0.39, 0.29) is 19.0 Å². The Hall–Kier alpha value is -2.12. The van der Waals surface area contributed by atoms with E-state index in [1.165, 1.54) is 14.2 Å². The van der Waals surface area contributed by atoms with E-state index in [0.717, 1.165) is 0 Å². The van der Waals surface area contributed by atoms with Gasteiger partial charge in [0.25, 0.3) is 0 Å². The van der Waals surface area contributed by atoms with Crippen LogP contribution in [0.1, 0.15) is 5.56 Å². The average molecular weight is 281 g/mol. The zero-order chi connectivity index (χ0) is 15.0. The summed E-state index contributed by atoms with van der Waals surface area (Å²) in [5.74, 6) is -0.0661. The third kappa shape index (κ3) is 5.25. The van der Waals surface area contributed by atoms with Gasteiger partial charge in [0.2, 0.25) is 0 Å². The summed E-state index contributed by atoms with van der Waals surface area (Å²) < 4.78 is 14.9. The highest BCUT2D eigenvalue weighted by Gasteiger charge is 2.15. The van der Waals surface area contributed by atoms with Crippen molar-refractivity contribution in [2.45, 2.75) is 6.10 Å². The van der Waals surface area contributed by atoms with E-state index in [4.69, 9.17) is 25.4 Å². The molecule has 0 heterocycles. The molecule has 0 radical (unpaired) electrons. The van der Waals surface area contributed by atoms with Crippen LogP contribution in [0.25, 0.3) is 0 Å². The standard InChI is InChI=1S/C13H19N3O4/c1-18-7-11(8-19-2)20-13(17)16-12(15)9-3-5-10(14)6-4-9/h3-6,11H,7-8,14H2,1-2H3,(H2,15,16,17). The Balaban J connectivity index is 2.52. The van der Waals surface area contributed by atoms with Gasteiger partial charge in [-0.15, -0.1) is 0 Å². The Morgan fingerprint density at radius 2 is 1.80 bits per heavy atom. The SMILES string of the molecule is COCC(COC)OC(=O)NC(=N)c1ccc(N)cc1. The van der Waals surface area contributed by atoms with Crippen LogP contribution in [0.2, 0.25) is 0 Å². The number of hydrogen-bond acceptors (Lipinski definition) is 6. The number of rotatable bonds is 6. The number of nitrogen functional groups attached to an aromatic ring is 1. The number of ether oxygens (including phenoxy) is 3. The van der Waals surface area contributed by atoms with Crippen LogP contribution in [-0.2, 0) is 14.2 Å². The minimum Gasteiger partial charge on any atom is -0.441 e. The quantitative estimate of drug-likeness (QED) is 0.409. The first-order chi connectivity index (χ1) is 9.56. The molecule has 0 saturated carbocycles. The van der Waals surface area contributed by atoms with E-state index in [2.05, 4.69) is 5.32 Å². The minimum absolute atomic E-state index is 0.0661. The summed E-state index contributed by atoms with van der Waals surface area (Å²) in [5.41, 5.74) is 6.67. The van der Waals surface area contributed by atoms with Gasteiger partial charge in [0.1, 0.15) is 5.84 Å². The molecule has 0 aliphatic rings. The molecule has 4 N–H and O–H groups in total. The maximum Gasteiger partial charge on any atom is 0.413 e. The second kappa shape index (κ2) is 8.13. The molecule has 1 aromatic rings. The number of amidine groups is 1. The molecule has 1 aromatic carbocycles. The Labute approximate surface area is 117 Å². The molecule has 0 saturated heterocycles. The first-order valence-electron chi connectivity index (χ1n) is 5.96. The van der Waals surface area contributed by atoms with E-state index in [1.807, 2.05) is 0 Å². The molecule has 0 aliphatic carbocycles. The number of amides is 1. The molecule has 0 fully saturated rings. The predicted octanol–water partition coefficient (Wildman–Crippen LogP) is 0.982. The maximum absolute atomic E-state index is 11.6. The van der Waals surface area contributed by atoms with E-state index < -0.39 is 12.2 Å². The zero-order valence-electron chi connectivity index (χ0n) is 11.5.